The third-order valence-corrected chi connectivity index (χ3v) is 8.86. The maximum Gasteiger partial charge on any atom is 0.191 e. The molecule has 1 nitrogen and oxygen atoms in total. The Morgan fingerprint density at radius 1 is 1.05 bits per heavy atom. The highest BCUT2D eigenvalue weighted by molar-refractivity contribution is 6.73. The molecule has 2 heteroatoms. The number of benzene rings is 1. The topological polar surface area (TPSA) is 9.23 Å². The molecule has 0 spiro atoms. The van der Waals surface area contributed by atoms with Crippen molar-refractivity contribution in [3.63, 3.8) is 0 Å². The van der Waals surface area contributed by atoms with Crippen molar-refractivity contribution in [2.24, 2.45) is 0 Å². The minimum Gasteiger partial charge on any atom is -0.416 e. The van der Waals surface area contributed by atoms with Crippen molar-refractivity contribution >= 4 is 13.9 Å². The molecular formula is C17H28OSi. The van der Waals surface area contributed by atoms with E-state index in [9.17, 15) is 0 Å². The fourth-order valence-corrected chi connectivity index (χ4v) is 5.04. The van der Waals surface area contributed by atoms with Gasteiger partial charge in [0.15, 0.2) is 8.32 Å². The second-order valence-electron chi connectivity index (χ2n) is 5.32. The second kappa shape index (κ2) is 7.66. The smallest absolute Gasteiger partial charge is 0.191 e. The molecule has 0 radical (unpaired) electrons. The van der Waals surface area contributed by atoms with E-state index in [1.54, 1.807) is 0 Å². The normalized spacial score (nSPS) is 11.6. The standard InChI is InChI=1S/C17H28OSi/c1-6-19(7-2,8-3)18-14-13-16-9-11-17(12-10-16)15(4)5/h9-12H,4,6-8,13-14H2,1-3,5H3. The van der Waals surface area contributed by atoms with Crippen LogP contribution in [0.5, 0.6) is 0 Å². The molecule has 0 aliphatic rings. The molecule has 0 aromatic heterocycles. The lowest BCUT2D eigenvalue weighted by Crippen LogP contribution is -2.36. The minimum absolute atomic E-state index is 0.869. The van der Waals surface area contributed by atoms with Crippen molar-refractivity contribution in [2.45, 2.75) is 52.2 Å². The number of hydrogen-bond donors (Lipinski definition) is 0. The fourth-order valence-electron chi connectivity index (χ4n) is 2.40. The van der Waals surface area contributed by atoms with Gasteiger partial charge in [0, 0.05) is 6.61 Å². The Kier molecular flexibility index (Phi) is 6.53. The highest BCUT2D eigenvalue weighted by Crippen LogP contribution is 2.22. The quantitative estimate of drug-likeness (QED) is 0.587. The monoisotopic (exact) mass is 276 g/mol. The molecule has 106 valence electrons. The first kappa shape index (κ1) is 16.2. The third-order valence-electron chi connectivity index (χ3n) is 4.18. The lowest BCUT2D eigenvalue weighted by molar-refractivity contribution is 0.303. The molecule has 0 fully saturated rings. The van der Waals surface area contributed by atoms with E-state index in [0.717, 1.165) is 18.6 Å². The Morgan fingerprint density at radius 2 is 1.58 bits per heavy atom. The van der Waals surface area contributed by atoms with E-state index in [4.69, 9.17) is 4.43 Å². The molecule has 19 heavy (non-hydrogen) atoms. The zero-order chi connectivity index (χ0) is 14.3. The van der Waals surface area contributed by atoms with Crippen molar-refractivity contribution in [1.29, 1.82) is 0 Å². The molecule has 0 heterocycles. The van der Waals surface area contributed by atoms with Crippen molar-refractivity contribution in [1.82, 2.24) is 0 Å². The summed E-state index contributed by atoms with van der Waals surface area (Å²) in [6.45, 7) is 13.7. The molecule has 0 bridgehead atoms. The molecule has 0 unspecified atom stereocenters. The van der Waals surface area contributed by atoms with Crippen LogP contribution in [0, 0.1) is 0 Å². The molecule has 0 atom stereocenters. The zero-order valence-electron chi connectivity index (χ0n) is 13.0. The van der Waals surface area contributed by atoms with Crippen LogP contribution in [0.3, 0.4) is 0 Å². The molecule has 1 rings (SSSR count). The predicted octanol–water partition coefficient (Wildman–Crippen LogP) is 5.28. The van der Waals surface area contributed by atoms with Crippen LogP contribution in [0.4, 0.5) is 0 Å². The zero-order valence-corrected chi connectivity index (χ0v) is 14.0. The minimum atomic E-state index is -1.41. The van der Waals surface area contributed by atoms with Gasteiger partial charge in [0.25, 0.3) is 0 Å². The Hall–Kier alpha value is -0.863. The maximum atomic E-state index is 6.28. The molecular weight excluding hydrogens is 248 g/mol. The first-order valence-corrected chi connectivity index (χ1v) is 9.98. The van der Waals surface area contributed by atoms with Gasteiger partial charge in [-0.3, -0.25) is 0 Å². The van der Waals surface area contributed by atoms with Crippen LogP contribution >= 0.6 is 0 Å². The molecule has 0 amide bonds. The van der Waals surface area contributed by atoms with Gasteiger partial charge in [-0.2, -0.15) is 0 Å². The largest absolute Gasteiger partial charge is 0.416 e. The van der Waals surface area contributed by atoms with Gasteiger partial charge in [-0.1, -0.05) is 57.2 Å². The van der Waals surface area contributed by atoms with Crippen molar-refractivity contribution in [3.05, 3.63) is 42.0 Å². The van der Waals surface area contributed by atoms with Crippen molar-refractivity contribution in [3.8, 4) is 0 Å². The number of allylic oxidation sites excluding steroid dienone is 1. The van der Waals surface area contributed by atoms with Gasteiger partial charge < -0.3 is 4.43 Å². The fraction of sp³-hybridized carbons (Fsp3) is 0.529. The van der Waals surface area contributed by atoms with Crippen LogP contribution in [-0.2, 0) is 10.8 Å². The molecule has 0 aliphatic heterocycles. The van der Waals surface area contributed by atoms with E-state index in [1.807, 2.05) is 6.92 Å². The Labute approximate surface area is 119 Å². The highest BCUT2D eigenvalue weighted by Gasteiger charge is 2.28. The van der Waals surface area contributed by atoms with Crippen LogP contribution < -0.4 is 0 Å². The lowest BCUT2D eigenvalue weighted by atomic mass is 10.1. The first-order valence-electron chi connectivity index (χ1n) is 7.45. The summed E-state index contributed by atoms with van der Waals surface area (Å²) in [5, 5.41) is 0. The summed E-state index contributed by atoms with van der Waals surface area (Å²) in [7, 11) is -1.41. The number of hydrogen-bond acceptors (Lipinski definition) is 1. The Bertz CT molecular complexity index is 382. The average Bonchev–Trinajstić information content (AvgIpc) is 2.45. The SMILES string of the molecule is C=C(C)c1ccc(CCO[Si](CC)(CC)CC)cc1. The lowest BCUT2D eigenvalue weighted by Gasteiger charge is -2.28. The van der Waals surface area contributed by atoms with Gasteiger partial charge in [0.2, 0.25) is 0 Å². The van der Waals surface area contributed by atoms with Crippen molar-refractivity contribution in [2.75, 3.05) is 6.61 Å². The van der Waals surface area contributed by atoms with E-state index in [1.165, 1.54) is 29.3 Å². The Balaban J connectivity index is 2.51. The van der Waals surface area contributed by atoms with E-state index >= 15 is 0 Å². The highest BCUT2D eigenvalue weighted by atomic mass is 28.4. The van der Waals surface area contributed by atoms with Crippen LogP contribution in [0.25, 0.3) is 5.57 Å². The molecule has 0 N–H and O–H groups in total. The molecule has 1 aromatic carbocycles. The van der Waals surface area contributed by atoms with Gasteiger partial charge in [-0.05, 0) is 42.6 Å². The number of rotatable bonds is 8. The van der Waals surface area contributed by atoms with E-state index in [2.05, 4.69) is 51.6 Å². The predicted molar refractivity (Wildman–Crippen MR) is 88.0 cm³/mol. The van der Waals surface area contributed by atoms with Gasteiger partial charge in [0.05, 0.1) is 0 Å². The summed E-state index contributed by atoms with van der Waals surface area (Å²) in [6.07, 6.45) is 1.02. The Morgan fingerprint density at radius 3 is 2.00 bits per heavy atom. The maximum absolute atomic E-state index is 6.28. The van der Waals surface area contributed by atoms with E-state index in [-0.39, 0.29) is 0 Å². The van der Waals surface area contributed by atoms with Crippen LogP contribution in [-0.4, -0.2) is 14.9 Å². The molecule has 0 saturated carbocycles. The molecule has 1 aromatic rings. The van der Waals surface area contributed by atoms with Gasteiger partial charge in [0.1, 0.15) is 0 Å². The van der Waals surface area contributed by atoms with Gasteiger partial charge in [-0.25, -0.2) is 0 Å². The van der Waals surface area contributed by atoms with Crippen LogP contribution in [0.1, 0.15) is 38.8 Å². The van der Waals surface area contributed by atoms with Crippen LogP contribution in [0.2, 0.25) is 18.1 Å². The van der Waals surface area contributed by atoms with Gasteiger partial charge >= 0.3 is 0 Å². The van der Waals surface area contributed by atoms with Gasteiger partial charge in [-0.15, -0.1) is 0 Å². The average molecular weight is 276 g/mol. The van der Waals surface area contributed by atoms with Crippen LogP contribution in [0.15, 0.2) is 30.8 Å². The summed E-state index contributed by atoms with van der Waals surface area (Å²) in [6, 6.07) is 12.4. The summed E-state index contributed by atoms with van der Waals surface area (Å²) in [5.41, 5.74) is 3.71. The van der Waals surface area contributed by atoms with E-state index < -0.39 is 8.32 Å². The molecule has 0 aliphatic carbocycles. The second-order valence-corrected chi connectivity index (χ2v) is 10.1. The first-order chi connectivity index (χ1) is 9.06. The van der Waals surface area contributed by atoms with Crippen molar-refractivity contribution < 1.29 is 4.43 Å². The molecule has 0 saturated heterocycles. The summed E-state index contributed by atoms with van der Waals surface area (Å²) < 4.78 is 6.28. The summed E-state index contributed by atoms with van der Waals surface area (Å²) >= 11 is 0. The summed E-state index contributed by atoms with van der Waals surface area (Å²) in [5.74, 6) is 0. The summed E-state index contributed by atoms with van der Waals surface area (Å²) in [4.78, 5) is 0. The van der Waals surface area contributed by atoms with E-state index in [0.29, 0.717) is 0 Å². The third kappa shape index (κ3) is 4.63.